The van der Waals surface area contributed by atoms with Crippen molar-refractivity contribution < 1.29 is 14.7 Å². The Morgan fingerprint density at radius 2 is 1.61 bits per heavy atom. The third-order valence-corrected chi connectivity index (χ3v) is 5.68. The molecule has 3 aromatic carbocycles. The maximum absolute atomic E-state index is 13.0. The summed E-state index contributed by atoms with van der Waals surface area (Å²) in [6.07, 6.45) is 0.362. The molecule has 1 aliphatic heterocycles. The van der Waals surface area contributed by atoms with Gasteiger partial charge in [-0.3, -0.25) is 9.59 Å². The SMILES string of the molecule is NC(=O)c1ccc(N2CCN(C(=O)Cc3ccccc3)C[C@H]2c2ccccc2)c(O)c1. The molecule has 0 aliphatic carbocycles. The lowest BCUT2D eigenvalue weighted by molar-refractivity contribution is -0.131. The number of amides is 2. The molecule has 1 aliphatic rings. The van der Waals surface area contributed by atoms with Crippen molar-refractivity contribution in [2.75, 3.05) is 24.5 Å². The minimum Gasteiger partial charge on any atom is -0.506 e. The smallest absolute Gasteiger partial charge is 0.248 e. The number of anilines is 1. The Morgan fingerprint density at radius 3 is 2.26 bits per heavy atom. The van der Waals surface area contributed by atoms with E-state index in [0.717, 1.165) is 11.1 Å². The number of benzene rings is 3. The van der Waals surface area contributed by atoms with Gasteiger partial charge in [0.05, 0.1) is 18.2 Å². The average molecular weight is 415 g/mol. The van der Waals surface area contributed by atoms with Crippen LogP contribution in [0.5, 0.6) is 5.75 Å². The molecule has 158 valence electrons. The molecule has 1 saturated heterocycles. The zero-order chi connectivity index (χ0) is 21.8. The van der Waals surface area contributed by atoms with Crippen molar-refractivity contribution in [3.63, 3.8) is 0 Å². The van der Waals surface area contributed by atoms with Crippen LogP contribution in [0.1, 0.15) is 27.5 Å². The van der Waals surface area contributed by atoms with Crippen molar-refractivity contribution >= 4 is 17.5 Å². The zero-order valence-electron chi connectivity index (χ0n) is 17.1. The summed E-state index contributed by atoms with van der Waals surface area (Å²) in [4.78, 5) is 28.4. The van der Waals surface area contributed by atoms with Crippen LogP contribution in [0.15, 0.2) is 78.9 Å². The van der Waals surface area contributed by atoms with Gasteiger partial charge in [-0.2, -0.15) is 0 Å². The van der Waals surface area contributed by atoms with Gasteiger partial charge in [0.25, 0.3) is 0 Å². The summed E-state index contributed by atoms with van der Waals surface area (Å²) in [6, 6.07) is 24.3. The van der Waals surface area contributed by atoms with Gasteiger partial charge in [-0.25, -0.2) is 0 Å². The van der Waals surface area contributed by atoms with E-state index in [-0.39, 0.29) is 23.3 Å². The van der Waals surface area contributed by atoms with Crippen LogP contribution in [0.2, 0.25) is 0 Å². The highest BCUT2D eigenvalue weighted by molar-refractivity contribution is 5.94. The second-order valence-corrected chi connectivity index (χ2v) is 7.69. The number of hydrogen-bond donors (Lipinski definition) is 2. The third-order valence-electron chi connectivity index (χ3n) is 5.68. The third kappa shape index (κ3) is 4.53. The van der Waals surface area contributed by atoms with Crippen LogP contribution in [-0.2, 0) is 11.2 Å². The molecule has 2 amide bonds. The van der Waals surface area contributed by atoms with Crippen molar-refractivity contribution in [3.8, 4) is 5.75 Å². The summed E-state index contributed by atoms with van der Waals surface area (Å²) in [5.41, 5.74) is 8.26. The van der Waals surface area contributed by atoms with Gasteiger partial charge in [0.2, 0.25) is 11.8 Å². The number of carbonyl (C=O) groups is 2. The monoisotopic (exact) mass is 415 g/mol. The first kappa shape index (κ1) is 20.5. The molecule has 0 aromatic heterocycles. The summed E-state index contributed by atoms with van der Waals surface area (Å²) >= 11 is 0. The van der Waals surface area contributed by atoms with E-state index in [0.29, 0.717) is 31.7 Å². The van der Waals surface area contributed by atoms with Crippen LogP contribution >= 0.6 is 0 Å². The predicted octanol–water partition coefficient (Wildman–Crippen LogP) is 3.12. The second-order valence-electron chi connectivity index (χ2n) is 7.69. The van der Waals surface area contributed by atoms with Gasteiger partial charge < -0.3 is 20.6 Å². The van der Waals surface area contributed by atoms with Gasteiger partial charge in [0, 0.05) is 25.2 Å². The molecule has 3 N–H and O–H groups in total. The number of nitrogens with zero attached hydrogens (tertiary/aromatic N) is 2. The van der Waals surface area contributed by atoms with Crippen LogP contribution in [0.3, 0.4) is 0 Å². The van der Waals surface area contributed by atoms with Crippen molar-refractivity contribution in [2.24, 2.45) is 5.73 Å². The first-order chi connectivity index (χ1) is 15.0. The van der Waals surface area contributed by atoms with Crippen LogP contribution in [0.4, 0.5) is 5.69 Å². The van der Waals surface area contributed by atoms with E-state index in [1.54, 1.807) is 12.1 Å². The molecule has 0 radical (unpaired) electrons. The first-order valence-corrected chi connectivity index (χ1v) is 10.3. The number of rotatable bonds is 5. The minimum atomic E-state index is -0.585. The fourth-order valence-corrected chi connectivity index (χ4v) is 4.06. The summed E-state index contributed by atoms with van der Waals surface area (Å²) in [6.45, 7) is 1.61. The lowest BCUT2D eigenvalue weighted by Crippen LogP contribution is -2.51. The lowest BCUT2D eigenvalue weighted by atomic mass is 10.00. The number of carbonyl (C=O) groups excluding carboxylic acids is 2. The summed E-state index contributed by atoms with van der Waals surface area (Å²) in [7, 11) is 0. The van der Waals surface area contributed by atoms with Crippen molar-refractivity contribution in [1.29, 1.82) is 0 Å². The lowest BCUT2D eigenvalue weighted by Gasteiger charge is -2.43. The fourth-order valence-electron chi connectivity index (χ4n) is 4.06. The number of phenolic OH excluding ortho intramolecular Hbond substituents is 1. The molecule has 1 heterocycles. The second kappa shape index (κ2) is 8.92. The van der Waals surface area contributed by atoms with E-state index in [2.05, 4.69) is 4.90 Å². The van der Waals surface area contributed by atoms with Crippen LogP contribution in [0, 0.1) is 0 Å². The molecule has 4 rings (SSSR count). The highest BCUT2D eigenvalue weighted by atomic mass is 16.3. The Hall–Kier alpha value is -3.80. The van der Waals surface area contributed by atoms with Crippen molar-refractivity contribution in [2.45, 2.75) is 12.5 Å². The average Bonchev–Trinajstić information content (AvgIpc) is 2.80. The van der Waals surface area contributed by atoms with E-state index in [9.17, 15) is 14.7 Å². The molecule has 0 unspecified atom stereocenters. The number of aromatic hydroxyl groups is 1. The fraction of sp³-hybridized carbons (Fsp3) is 0.200. The Morgan fingerprint density at radius 1 is 0.935 bits per heavy atom. The Labute approximate surface area is 181 Å². The molecule has 0 spiro atoms. The highest BCUT2D eigenvalue weighted by Gasteiger charge is 2.32. The number of primary amides is 1. The van der Waals surface area contributed by atoms with Gasteiger partial charge >= 0.3 is 0 Å². The van der Waals surface area contributed by atoms with E-state index in [1.807, 2.05) is 65.6 Å². The summed E-state index contributed by atoms with van der Waals surface area (Å²) in [5.74, 6) is -0.501. The predicted molar refractivity (Wildman–Crippen MR) is 120 cm³/mol. The molecule has 3 aromatic rings. The molecule has 6 nitrogen and oxygen atoms in total. The summed E-state index contributed by atoms with van der Waals surface area (Å²) in [5, 5.41) is 10.6. The van der Waals surface area contributed by atoms with Crippen LogP contribution in [0.25, 0.3) is 0 Å². The quantitative estimate of drug-likeness (QED) is 0.670. The van der Waals surface area contributed by atoms with Gasteiger partial charge in [-0.05, 0) is 29.3 Å². The molecule has 1 fully saturated rings. The number of phenols is 1. The van der Waals surface area contributed by atoms with E-state index in [1.165, 1.54) is 6.07 Å². The normalized spacial score (nSPS) is 16.2. The van der Waals surface area contributed by atoms with Gasteiger partial charge in [0.1, 0.15) is 5.75 Å². The number of hydrogen-bond acceptors (Lipinski definition) is 4. The maximum Gasteiger partial charge on any atom is 0.248 e. The molecular weight excluding hydrogens is 390 g/mol. The highest BCUT2D eigenvalue weighted by Crippen LogP contribution is 2.36. The molecule has 0 saturated carbocycles. The summed E-state index contributed by atoms with van der Waals surface area (Å²) < 4.78 is 0. The van der Waals surface area contributed by atoms with Gasteiger partial charge in [-0.1, -0.05) is 60.7 Å². The molecule has 0 bridgehead atoms. The molecule has 31 heavy (non-hydrogen) atoms. The number of piperazine rings is 1. The van der Waals surface area contributed by atoms with Crippen LogP contribution < -0.4 is 10.6 Å². The topological polar surface area (TPSA) is 86.9 Å². The zero-order valence-corrected chi connectivity index (χ0v) is 17.1. The largest absolute Gasteiger partial charge is 0.506 e. The van der Waals surface area contributed by atoms with E-state index < -0.39 is 5.91 Å². The van der Waals surface area contributed by atoms with E-state index >= 15 is 0 Å². The van der Waals surface area contributed by atoms with Crippen molar-refractivity contribution in [1.82, 2.24) is 4.90 Å². The van der Waals surface area contributed by atoms with Crippen LogP contribution in [-0.4, -0.2) is 41.5 Å². The first-order valence-electron chi connectivity index (χ1n) is 10.3. The maximum atomic E-state index is 13.0. The minimum absolute atomic E-state index is 0.00120. The van der Waals surface area contributed by atoms with Crippen molar-refractivity contribution in [3.05, 3.63) is 95.6 Å². The number of nitrogens with two attached hydrogens (primary N) is 1. The Bertz CT molecular complexity index is 1070. The van der Waals surface area contributed by atoms with Gasteiger partial charge in [0.15, 0.2) is 0 Å². The molecule has 6 heteroatoms. The van der Waals surface area contributed by atoms with E-state index in [4.69, 9.17) is 5.73 Å². The van der Waals surface area contributed by atoms with Gasteiger partial charge in [-0.15, -0.1) is 0 Å². The Balaban J connectivity index is 1.60. The molecule has 1 atom stereocenters. The standard InChI is InChI=1S/C25H25N3O3/c26-25(31)20-11-12-21(23(29)16-20)28-14-13-27(17-22(28)19-9-5-2-6-10-19)24(30)15-18-7-3-1-4-8-18/h1-12,16,22,29H,13-15,17H2,(H2,26,31)/t22-/m0/s1. The molecular formula is C25H25N3O3. The Kier molecular flexibility index (Phi) is 5.89.